The second kappa shape index (κ2) is 13.2. The Balaban J connectivity index is 1.37. The van der Waals surface area contributed by atoms with Gasteiger partial charge in [0.2, 0.25) is 15.9 Å². The van der Waals surface area contributed by atoms with Crippen LogP contribution in [0, 0.1) is 25.7 Å². The summed E-state index contributed by atoms with van der Waals surface area (Å²) in [7, 11) is 1.27. The molecule has 1 amide bonds. The molecule has 2 aliphatic rings. The smallest absolute Gasteiger partial charge is 0.248 e. The minimum absolute atomic E-state index is 0.0325. The summed E-state index contributed by atoms with van der Waals surface area (Å²) in [5.41, 5.74) is 1.28. The van der Waals surface area contributed by atoms with Gasteiger partial charge in [0.15, 0.2) is 0 Å². The number of rotatable bonds is 12. The molecule has 1 aliphatic carbocycles. The summed E-state index contributed by atoms with van der Waals surface area (Å²) < 4.78 is 38.3. The quantitative estimate of drug-likeness (QED) is 0.391. The molecular weight excluding hydrogens is 478 g/mol. The van der Waals surface area contributed by atoms with E-state index in [2.05, 4.69) is 4.90 Å². The van der Waals surface area contributed by atoms with E-state index < -0.39 is 10.0 Å². The van der Waals surface area contributed by atoms with Crippen LogP contribution in [-0.2, 0) is 19.6 Å². The number of nitrogens with zero attached hydrogens (tertiary/aromatic N) is 3. The van der Waals surface area contributed by atoms with Gasteiger partial charge in [0, 0.05) is 33.7 Å². The highest BCUT2D eigenvalue weighted by Gasteiger charge is 2.27. The fraction of sp³-hybridized carbons (Fsp3) is 0.741. The minimum Gasteiger partial charge on any atom is -0.497 e. The highest BCUT2D eigenvalue weighted by atomic mass is 32.2. The third kappa shape index (κ3) is 7.66. The largest absolute Gasteiger partial charge is 0.497 e. The van der Waals surface area contributed by atoms with Crippen LogP contribution in [0.15, 0.2) is 17.0 Å². The molecule has 204 valence electrons. The lowest BCUT2D eigenvalue weighted by atomic mass is 9.81. The van der Waals surface area contributed by atoms with Gasteiger partial charge in [0.1, 0.15) is 12.4 Å². The lowest BCUT2D eigenvalue weighted by Crippen LogP contribution is -2.37. The average molecular weight is 524 g/mol. The second-order valence-corrected chi connectivity index (χ2v) is 12.6. The van der Waals surface area contributed by atoms with Crippen molar-refractivity contribution in [1.82, 2.24) is 14.1 Å². The number of methoxy groups -OCH3 is 1. The highest BCUT2D eigenvalue weighted by Crippen LogP contribution is 2.31. The second-order valence-electron chi connectivity index (χ2n) is 10.6. The average Bonchev–Trinajstić information content (AvgIpc) is 3.35. The fourth-order valence-corrected chi connectivity index (χ4v) is 7.15. The number of likely N-dealkylation sites (tertiary alicyclic amines) is 1. The predicted octanol–water partition coefficient (Wildman–Crippen LogP) is 3.31. The van der Waals surface area contributed by atoms with Crippen molar-refractivity contribution in [2.45, 2.75) is 57.3 Å². The lowest BCUT2D eigenvalue weighted by molar-refractivity contribution is -0.135. The van der Waals surface area contributed by atoms with Crippen LogP contribution in [0.2, 0.25) is 0 Å². The molecule has 0 spiro atoms. The Kier molecular flexibility index (Phi) is 10.6. The first-order valence-corrected chi connectivity index (χ1v) is 14.7. The SMILES string of the molecule is COc1cc(C)c(S(=O)(=O)N(C)CCOCC(=O)N(C)C[C@H]2CC[C@H](CN3CCCC3)CC2)c(C)c1. The summed E-state index contributed by atoms with van der Waals surface area (Å²) in [5.74, 6) is 1.94. The van der Waals surface area contributed by atoms with Gasteiger partial charge in [-0.15, -0.1) is 0 Å². The summed E-state index contributed by atoms with van der Waals surface area (Å²) in [4.78, 5) is 17.2. The van der Waals surface area contributed by atoms with Crippen LogP contribution >= 0.6 is 0 Å². The molecule has 1 aliphatic heterocycles. The predicted molar refractivity (Wildman–Crippen MR) is 142 cm³/mol. The summed E-state index contributed by atoms with van der Waals surface area (Å²) in [6, 6.07) is 3.44. The van der Waals surface area contributed by atoms with Gasteiger partial charge in [0.25, 0.3) is 0 Å². The molecule has 1 aromatic carbocycles. The molecule has 0 atom stereocenters. The molecule has 9 heteroatoms. The number of hydrogen-bond donors (Lipinski definition) is 0. The number of carbonyl (C=O) groups is 1. The Morgan fingerprint density at radius 1 is 1.03 bits per heavy atom. The molecule has 8 nitrogen and oxygen atoms in total. The summed E-state index contributed by atoms with van der Waals surface area (Å²) >= 11 is 0. The fourth-order valence-electron chi connectivity index (χ4n) is 5.59. The minimum atomic E-state index is -3.67. The molecule has 0 bridgehead atoms. The van der Waals surface area contributed by atoms with Crippen LogP contribution in [0.3, 0.4) is 0 Å². The van der Waals surface area contributed by atoms with Crippen LogP contribution in [0.1, 0.15) is 49.7 Å². The number of carbonyl (C=O) groups excluding carboxylic acids is 1. The van der Waals surface area contributed by atoms with Gasteiger partial charge in [-0.05, 0) is 101 Å². The molecule has 0 unspecified atom stereocenters. The van der Waals surface area contributed by atoms with Crippen molar-refractivity contribution >= 4 is 15.9 Å². The van der Waals surface area contributed by atoms with Crippen LogP contribution in [-0.4, -0.2) is 95.6 Å². The number of ether oxygens (including phenoxy) is 2. The van der Waals surface area contributed by atoms with E-state index in [0.29, 0.717) is 22.8 Å². The maximum atomic E-state index is 13.1. The van der Waals surface area contributed by atoms with Gasteiger partial charge >= 0.3 is 0 Å². The van der Waals surface area contributed by atoms with Crippen LogP contribution in [0.25, 0.3) is 0 Å². The van der Waals surface area contributed by atoms with E-state index in [1.807, 2.05) is 7.05 Å². The van der Waals surface area contributed by atoms with Crippen molar-refractivity contribution in [2.75, 3.05) is 67.1 Å². The number of hydrogen-bond acceptors (Lipinski definition) is 6. The van der Waals surface area contributed by atoms with Crippen molar-refractivity contribution < 1.29 is 22.7 Å². The third-order valence-electron chi connectivity index (χ3n) is 7.75. The van der Waals surface area contributed by atoms with Crippen LogP contribution < -0.4 is 4.74 Å². The number of likely N-dealkylation sites (N-methyl/N-ethyl adjacent to an activating group) is 2. The van der Waals surface area contributed by atoms with Crippen molar-refractivity contribution in [3.8, 4) is 5.75 Å². The highest BCUT2D eigenvalue weighted by molar-refractivity contribution is 7.89. The Morgan fingerprint density at radius 2 is 1.61 bits per heavy atom. The van der Waals surface area contributed by atoms with E-state index >= 15 is 0 Å². The van der Waals surface area contributed by atoms with Gasteiger partial charge in [-0.2, -0.15) is 4.31 Å². The zero-order valence-electron chi connectivity index (χ0n) is 22.8. The molecule has 2 fully saturated rings. The zero-order chi connectivity index (χ0) is 26.3. The van der Waals surface area contributed by atoms with E-state index in [0.717, 1.165) is 12.5 Å². The summed E-state index contributed by atoms with van der Waals surface area (Å²) in [6.07, 6.45) is 7.58. The van der Waals surface area contributed by atoms with Crippen LogP contribution in [0.5, 0.6) is 5.75 Å². The normalized spacial score (nSPS) is 21.2. The Bertz CT molecular complexity index is 947. The molecule has 0 N–H and O–H groups in total. The monoisotopic (exact) mass is 523 g/mol. The molecule has 1 aromatic rings. The Morgan fingerprint density at radius 3 is 2.19 bits per heavy atom. The topological polar surface area (TPSA) is 79.4 Å². The lowest BCUT2D eigenvalue weighted by Gasteiger charge is -2.33. The molecule has 1 saturated carbocycles. The van der Waals surface area contributed by atoms with E-state index in [1.54, 1.807) is 38.0 Å². The summed E-state index contributed by atoms with van der Waals surface area (Å²) in [6.45, 7) is 8.37. The van der Waals surface area contributed by atoms with Crippen molar-refractivity contribution in [3.63, 3.8) is 0 Å². The van der Waals surface area contributed by atoms with Crippen molar-refractivity contribution in [3.05, 3.63) is 23.3 Å². The van der Waals surface area contributed by atoms with Crippen LogP contribution in [0.4, 0.5) is 0 Å². The molecule has 0 aromatic heterocycles. The Hall–Kier alpha value is -1.68. The van der Waals surface area contributed by atoms with Crippen molar-refractivity contribution in [2.24, 2.45) is 11.8 Å². The molecule has 3 rings (SSSR count). The van der Waals surface area contributed by atoms with E-state index in [4.69, 9.17) is 9.47 Å². The number of benzene rings is 1. The maximum Gasteiger partial charge on any atom is 0.248 e. The molecule has 36 heavy (non-hydrogen) atoms. The summed E-state index contributed by atoms with van der Waals surface area (Å²) in [5, 5.41) is 0. The first-order valence-electron chi connectivity index (χ1n) is 13.3. The van der Waals surface area contributed by atoms with Gasteiger partial charge in [-0.25, -0.2) is 8.42 Å². The van der Waals surface area contributed by atoms with E-state index in [1.165, 1.54) is 69.5 Å². The molecule has 1 heterocycles. The van der Waals surface area contributed by atoms with E-state index in [9.17, 15) is 13.2 Å². The van der Waals surface area contributed by atoms with Gasteiger partial charge < -0.3 is 19.3 Å². The first-order chi connectivity index (χ1) is 17.1. The number of sulfonamides is 1. The standard InChI is InChI=1S/C27H45N3O5S/c1-21-16-25(34-5)17-22(2)27(21)36(32,33)29(4)14-15-35-20-26(31)28(3)18-23-8-10-24(11-9-23)19-30-12-6-7-13-30/h16-17,23-24H,6-15,18-20H2,1-5H3/t23-,24-. The Labute approximate surface area is 218 Å². The maximum absolute atomic E-state index is 13.1. The molecule has 1 saturated heterocycles. The number of amides is 1. The first kappa shape index (κ1) is 28.9. The third-order valence-corrected chi connectivity index (χ3v) is 9.92. The molecular formula is C27H45N3O5S. The van der Waals surface area contributed by atoms with Gasteiger partial charge in [-0.1, -0.05) is 0 Å². The van der Waals surface area contributed by atoms with E-state index in [-0.39, 0.29) is 30.6 Å². The molecule has 0 radical (unpaired) electrons. The zero-order valence-corrected chi connectivity index (χ0v) is 23.6. The van der Waals surface area contributed by atoms with Gasteiger partial charge in [-0.3, -0.25) is 4.79 Å². The number of aryl methyl sites for hydroxylation is 2. The van der Waals surface area contributed by atoms with Crippen molar-refractivity contribution in [1.29, 1.82) is 0 Å². The van der Waals surface area contributed by atoms with Gasteiger partial charge in [0.05, 0.1) is 18.6 Å².